The molecule has 1 amide bonds. The Labute approximate surface area is 146 Å². The lowest BCUT2D eigenvalue weighted by molar-refractivity contribution is 0.0949. The van der Waals surface area contributed by atoms with Crippen molar-refractivity contribution in [1.82, 2.24) is 20.1 Å². The fourth-order valence-corrected chi connectivity index (χ4v) is 3.68. The molecule has 1 fully saturated rings. The second-order valence-corrected chi connectivity index (χ2v) is 6.71. The van der Waals surface area contributed by atoms with Gasteiger partial charge in [-0.1, -0.05) is 31.4 Å². The van der Waals surface area contributed by atoms with Crippen LogP contribution in [0.4, 0.5) is 0 Å². The van der Waals surface area contributed by atoms with Gasteiger partial charge in [-0.2, -0.15) is 0 Å². The number of rotatable bonds is 4. The Hall–Kier alpha value is -2.63. The maximum absolute atomic E-state index is 12.6. The van der Waals surface area contributed by atoms with E-state index in [1.165, 1.54) is 19.3 Å². The van der Waals surface area contributed by atoms with Gasteiger partial charge in [-0.3, -0.25) is 4.79 Å². The zero-order chi connectivity index (χ0) is 17.2. The molecule has 0 spiro atoms. The van der Waals surface area contributed by atoms with Gasteiger partial charge in [0, 0.05) is 11.4 Å². The molecule has 0 saturated heterocycles. The lowest BCUT2D eigenvalue weighted by atomic mass is 9.95. The lowest BCUT2D eigenvalue weighted by Gasteiger charge is -2.24. The van der Waals surface area contributed by atoms with E-state index in [1.807, 2.05) is 25.1 Å². The minimum atomic E-state index is -0.154. The van der Waals surface area contributed by atoms with E-state index in [2.05, 4.69) is 20.1 Å². The standard InChI is InChI=1S/C19H22N4O2/c1-13-10-14-6-5-9-16(18(14)25-13)19(24)20-11-17-22-21-12-23(17)15-7-3-2-4-8-15/h5-6,9-10,12,15H,2-4,7-8,11H2,1H3,(H,20,24). The smallest absolute Gasteiger partial charge is 0.255 e. The third kappa shape index (κ3) is 3.16. The summed E-state index contributed by atoms with van der Waals surface area (Å²) >= 11 is 0. The van der Waals surface area contributed by atoms with Crippen molar-refractivity contribution in [2.75, 3.05) is 0 Å². The molecule has 1 N–H and O–H groups in total. The first-order chi connectivity index (χ1) is 12.2. The van der Waals surface area contributed by atoms with Gasteiger partial charge in [-0.25, -0.2) is 0 Å². The number of aromatic nitrogens is 3. The SMILES string of the molecule is Cc1cc2cccc(C(=O)NCc3nncn3C3CCCCC3)c2o1. The van der Waals surface area contributed by atoms with Crippen molar-refractivity contribution in [2.24, 2.45) is 0 Å². The summed E-state index contributed by atoms with van der Waals surface area (Å²) in [5.41, 5.74) is 1.18. The zero-order valence-electron chi connectivity index (χ0n) is 14.4. The molecule has 4 rings (SSSR count). The average Bonchev–Trinajstić information content (AvgIpc) is 3.25. The number of hydrogen-bond acceptors (Lipinski definition) is 4. The molecule has 2 heterocycles. The van der Waals surface area contributed by atoms with E-state index in [4.69, 9.17) is 4.42 Å². The Bertz CT molecular complexity index is 890. The number of aryl methyl sites for hydroxylation is 1. The number of hydrogen-bond donors (Lipinski definition) is 1. The molecule has 0 aliphatic heterocycles. The molecule has 130 valence electrons. The topological polar surface area (TPSA) is 73.0 Å². The van der Waals surface area contributed by atoms with E-state index in [9.17, 15) is 4.79 Å². The van der Waals surface area contributed by atoms with Gasteiger partial charge in [0.2, 0.25) is 0 Å². The molecule has 3 aromatic rings. The first-order valence-corrected chi connectivity index (χ1v) is 8.88. The molecular weight excluding hydrogens is 316 g/mol. The van der Waals surface area contributed by atoms with Gasteiger partial charge < -0.3 is 14.3 Å². The summed E-state index contributed by atoms with van der Waals surface area (Å²) in [6.45, 7) is 2.25. The summed E-state index contributed by atoms with van der Waals surface area (Å²) in [4.78, 5) is 12.6. The minimum absolute atomic E-state index is 0.154. The molecule has 1 aliphatic carbocycles. The Morgan fingerprint density at radius 3 is 3.00 bits per heavy atom. The van der Waals surface area contributed by atoms with Crippen molar-refractivity contribution in [3.05, 3.63) is 47.7 Å². The fraction of sp³-hybridized carbons (Fsp3) is 0.421. The molecular formula is C19H22N4O2. The summed E-state index contributed by atoms with van der Waals surface area (Å²) in [6.07, 6.45) is 7.89. The maximum Gasteiger partial charge on any atom is 0.255 e. The van der Waals surface area contributed by atoms with Crippen LogP contribution in [-0.4, -0.2) is 20.7 Å². The van der Waals surface area contributed by atoms with E-state index < -0.39 is 0 Å². The second kappa shape index (κ2) is 6.70. The first-order valence-electron chi connectivity index (χ1n) is 8.88. The molecule has 2 aromatic heterocycles. The quantitative estimate of drug-likeness (QED) is 0.786. The molecule has 1 aliphatic rings. The van der Waals surface area contributed by atoms with E-state index >= 15 is 0 Å². The predicted octanol–water partition coefficient (Wildman–Crippen LogP) is 3.77. The van der Waals surface area contributed by atoms with Crippen LogP contribution in [0.3, 0.4) is 0 Å². The number of nitrogens with one attached hydrogen (secondary N) is 1. The highest BCUT2D eigenvalue weighted by atomic mass is 16.3. The van der Waals surface area contributed by atoms with Gasteiger partial charge >= 0.3 is 0 Å². The lowest BCUT2D eigenvalue weighted by Crippen LogP contribution is -2.26. The van der Waals surface area contributed by atoms with E-state index in [-0.39, 0.29) is 5.91 Å². The Balaban J connectivity index is 1.50. The zero-order valence-corrected chi connectivity index (χ0v) is 14.4. The fourth-order valence-electron chi connectivity index (χ4n) is 3.68. The number of benzene rings is 1. The van der Waals surface area contributed by atoms with Crippen LogP contribution in [0, 0.1) is 6.92 Å². The molecule has 25 heavy (non-hydrogen) atoms. The number of fused-ring (bicyclic) bond motifs is 1. The number of carbonyl (C=O) groups is 1. The van der Waals surface area contributed by atoms with E-state index in [0.717, 1.165) is 29.8 Å². The Kier molecular flexibility index (Phi) is 4.26. The molecule has 0 radical (unpaired) electrons. The number of amides is 1. The molecule has 1 saturated carbocycles. The molecule has 0 unspecified atom stereocenters. The summed E-state index contributed by atoms with van der Waals surface area (Å²) < 4.78 is 7.80. The van der Waals surface area contributed by atoms with Crippen molar-refractivity contribution in [3.8, 4) is 0 Å². The highest BCUT2D eigenvalue weighted by Gasteiger charge is 2.19. The van der Waals surface area contributed by atoms with Gasteiger partial charge in [0.25, 0.3) is 5.91 Å². The summed E-state index contributed by atoms with van der Waals surface area (Å²) in [6, 6.07) is 7.99. The van der Waals surface area contributed by atoms with Crippen LogP contribution in [0.5, 0.6) is 0 Å². The normalized spacial score (nSPS) is 15.6. The number of furan rings is 1. The largest absolute Gasteiger partial charge is 0.461 e. The number of nitrogens with zero attached hydrogens (tertiary/aromatic N) is 3. The van der Waals surface area contributed by atoms with Crippen LogP contribution >= 0.6 is 0 Å². The summed E-state index contributed by atoms with van der Waals surface area (Å²) in [5, 5.41) is 12.1. The van der Waals surface area contributed by atoms with Gasteiger partial charge in [0.15, 0.2) is 5.82 Å². The highest BCUT2D eigenvalue weighted by molar-refractivity contribution is 6.04. The number of carbonyl (C=O) groups excluding carboxylic acids is 1. The maximum atomic E-state index is 12.6. The van der Waals surface area contributed by atoms with Gasteiger partial charge in [0.1, 0.15) is 17.7 Å². The Morgan fingerprint density at radius 1 is 1.32 bits per heavy atom. The van der Waals surface area contributed by atoms with E-state index in [0.29, 0.717) is 23.7 Å². The number of para-hydroxylation sites is 1. The van der Waals surface area contributed by atoms with Crippen LogP contribution in [0.2, 0.25) is 0 Å². The van der Waals surface area contributed by atoms with Crippen LogP contribution in [-0.2, 0) is 6.54 Å². The van der Waals surface area contributed by atoms with Gasteiger partial charge in [-0.15, -0.1) is 10.2 Å². The Morgan fingerprint density at radius 2 is 2.16 bits per heavy atom. The minimum Gasteiger partial charge on any atom is -0.461 e. The van der Waals surface area contributed by atoms with Crippen molar-refractivity contribution in [2.45, 2.75) is 51.6 Å². The van der Waals surface area contributed by atoms with Gasteiger partial charge in [-0.05, 0) is 31.9 Å². The third-order valence-corrected chi connectivity index (χ3v) is 4.93. The second-order valence-electron chi connectivity index (χ2n) is 6.71. The molecule has 6 heteroatoms. The van der Waals surface area contributed by atoms with Crippen molar-refractivity contribution >= 4 is 16.9 Å². The van der Waals surface area contributed by atoms with Crippen LogP contribution < -0.4 is 5.32 Å². The predicted molar refractivity (Wildman–Crippen MR) is 94.3 cm³/mol. The van der Waals surface area contributed by atoms with Crippen molar-refractivity contribution in [1.29, 1.82) is 0 Å². The van der Waals surface area contributed by atoms with Crippen LogP contribution in [0.1, 0.15) is 60.1 Å². The molecule has 0 bridgehead atoms. The monoisotopic (exact) mass is 338 g/mol. The van der Waals surface area contributed by atoms with Crippen molar-refractivity contribution in [3.63, 3.8) is 0 Å². The molecule has 0 atom stereocenters. The third-order valence-electron chi connectivity index (χ3n) is 4.93. The highest BCUT2D eigenvalue weighted by Crippen LogP contribution is 2.28. The van der Waals surface area contributed by atoms with Crippen molar-refractivity contribution < 1.29 is 9.21 Å². The molecule has 1 aromatic carbocycles. The summed E-state index contributed by atoms with van der Waals surface area (Å²) in [7, 11) is 0. The molecule has 6 nitrogen and oxygen atoms in total. The van der Waals surface area contributed by atoms with E-state index in [1.54, 1.807) is 12.4 Å². The van der Waals surface area contributed by atoms with Gasteiger partial charge in [0.05, 0.1) is 12.1 Å². The summed E-state index contributed by atoms with van der Waals surface area (Å²) in [5.74, 6) is 1.45. The first kappa shape index (κ1) is 15.9. The van der Waals surface area contributed by atoms with Crippen LogP contribution in [0.15, 0.2) is 35.0 Å². The average molecular weight is 338 g/mol. The van der Waals surface area contributed by atoms with Crippen LogP contribution in [0.25, 0.3) is 11.0 Å².